The van der Waals surface area contributed by atoms with E-state index in [4.69, 9.17) is 0 Å². The molecule has 3 aromatic rings. The molecule has 3 heterocycles. The molecule has 178 valence electrons. The van der Waals surface area contributed by atoms with Crippen LogP contribution in [0.4, 0.5) is 10.8 Å². The molecule has 1 aliphatic carbocycles. The summed E-state index contributed by atoms with van der Waals surface area (Å²) in [5.74, 6) is -0.246. The Bertz CT molecular complexity index is 1310. The van der Waals surface area contributed by atoms with Gasteiger partial charge in [-0.05, 0) is 51.2 Å². The first-order chi connectivity index (χ1) is 16.4. The van der Waals surface area contributed by atoms with Crippen LogP contribution in [0.15, 0.2) is 29.3 Å². The predicted molar refractivity (Wildman–Crippen MR) is 132 cm³/mol. The van der Waals surface area contributed by atoms with Crippen molar-refractivity contribution >= 4 is 44.3 Å². The van der Waals surface area contributed by atoms with Gasteiger partial charge in [-0.15, -0.1) is 0 Å². The van der Waals surface area contributed by atoms with Crippen molar-refractivity contribution in [2.24, 2.45) is 5.92 Å². The van der Waals surface area contributed by atoms with E-state index < -0.39 is 0 Å². The van der Waals surface area contributed by atoms with E-state index >= 15 is 0 Å². The average molecular weight is 481 g/mol. The number of fused-ring (bicyclic) bond motifs is 1. The maximum absolute atomic E-state index is 13.1. The topological polar surface area (TPSA) is 109 Å². The van der Waals surface area contributed by atoms with Gasteiger partial charge in [0.1, 0.15) is 17.6 Å². The predicted octanol–water partition coefficient (Wildman–Crippen LogP) is 2.60. The molecule has 1 unspecified atom stereocenters. The van der Waals surface area contributed by atoms with Gasteiger partial charge in [0.25, 0.3) is 5.56 Å². The first-order valence-electron chi connectivity index (χ1n) is 11.7. The van der Waals surface area contributed by atoms with Gasteiger partial charge in [0, 0.05) is 24.8 Å². The summed E-state index contributed by atoms with van der Waals surface area (Å²) in [7, 11) is 0. The lowest BCUT2D eigenvalue weighted by atomic mass is 9.97. The van der Waals surface area contributed by atoms with Gasteiger partial charge in [-0.25, -0.2) is 4.98 Å². The molecule has 2 fully saturated rings. The van der Waals surface area contributed by atoms with Crippen LogP contribution < -0.4 is 21.1 Å². The third-order valence-electron chi connectivity index (χ3n) is 6.33. The third kappa shape index (κ3) is 4.82. The normalized spacial score (nSPS) is 18.2. The summed E-state index contributed by atoms with van der Waals surface area (Å²) in [4.78, 5) is 49.1. The number of amides is 2. The number of aromatic nitrogens is 3. The van der Waals surface area contributed by atoms with Gasteiger partial charge in [0.15, 0.2) is 10.8 Å². The summed E-state index contributed by atoms with van der Waals surface area (Å²) in [6, 6.07) is 6.14. The summed E-state index contributed by atoms with van der Waals surface area (Å²) in [6.45, 7) is 5.18. The quantitative estimate of drug-likeness (QED) is 0.561. The molecule has 1 aromatic carbocycles. The van der Waals surface area contributed by atoms with E-state index in [2.05, 4.69) is 25.5 Å². The van der Waals surface area contributed by atoms with Crippen molar-refractivity contribution < 1.29 is 9.59 Å². The van der Waals surface area contributed by atoms with E-state index in [1.165, 1.54) is 22.2 Å². The monoisotopic (exact) mass is 480 g/mol. The Morgan fingerprint density at radius 3 is 2.79 bits per heavy atom. The zero-order chi connectivity index (χ0) is 23.8. The van der Waals surface area contributed by atoms with Crippen molar-refractivity contribution in [2.75, 3.05) is 23.3 Å². The number of nitrogens with zero attached hydrogens (tertiary/aromatic N) is 4. The number of nitrogens with one attached hydrogen (secondary N) is 2. The highest BCUT2D eigenvalue weighted by Gasteiger charge is 2.31. The molecule has 9 nitrogen and oxygen atoms in total. The fraction of sp³-hybridized carbons (Fsp3) is 0.458. The molecule has 5 rings (SSSR count). The standard InChI is InChI=1S/C24H28N6O3S/c1-14-5-8-18(15(2)10-14)27-19(31)12-30-13-25-21-20(23(30)33)34-24(28-21)29-9-3-4-16(11-29)22(32)26-17-6-7-17/h5,8,10,13,16-17H,3-4,6-7,9,11-12H2,1-2H3,(H,26,32)(H,27,31). The Balaban J connectivity index is 1.30. The van der Waals surface area contributed by atoms with Crippen LogP contribution in [0, 0.1) is 19.8 Å². The lowest BCUT2D eigenvalue weighted by Gasteiger charge is -2.31. The van der Waals surface area contributed by atoms with Gasteiger partial charge in [-0.2, -0.15) is 4.98 Å². The van der Waals surface area contributed by atoms with Crippen LogP contribution in [0.2, 0.25) is 0 Å². The Morgan fingerprint density at radius 2 is 2.03 bits per heavy atom. The smallest absolute Gasteiger partial charge is 0.273 e. The Labute approximate surface area is 201 Å². The molecule has 2 N–H and O–H groups in total. The molecule has 1 saturated heterocycles. The van der Waals surface area contributed by atoms with Crippen LogP contribution in [0.1, 0.15) is 36.8 Å². The number of hydrogen-bond donors (Lipinski definition) is 2. The van der Waals surface area contributed by atoms with Crippen molar-refractivity contribution in [3.05, 3.63) is 46.0 Å². The van der Waals surface area contributed by atoms with E-state index in [0.29, 0.717) is 28.1 Å². The molecule has 34 heavy (non-hydrogen) atoms. The first kappa shape index (κ1) is 22.5. The van der Waals surface area contributed by atoms with Crippen molar-refractivity contribution in [3.8, 4) is 0 Å². The molecule has 0 bridgehead atoms. The molecular weight excluding hydrogens is 452 g/mol. The highest BCUT2D eigenvalue weighted by Crippen LogP contribution is 2.30. The van der Waals surface area contributed by atoms with Crippen molar-refractivity contribution in [1.29, 1.82) is 0 Å². The second kappa shape index (κ2) is 9.17. The number of benzene rings is 1. The number of rotatable bonds is 6. The number of carbonyl (C=O) groups is 2. The SMILES string of the molecule is Cc1ccc(NC(=O)Cn2cnc3nc(N4CCCC(C(=O)NC5CC5)C4)sc3c2=O)c(C)c1. The van der Waals surface area contributed by atoms with Crippen LogP contribution in [0.3, 0.4) is 0 Å². The van der Waals surface area contributed by atoms with Gasteiger partial charge in [0.05, 0.1) is 5.92 Å². The van der Waals surface area contributed by atoms with E-state index in [0.717, 1.165) is 49.0 Å². The van der Waals surface area contributed by atoms with E-state index in [-0.39, 0.29) is 29.8 Å². The third-order valence-corrected chi connectivity index (χ3v) is 7.42. The second-order valence-electron chi connectivity index (χ2n) is 9.26. The molecule has 2 amide bonds. The number of anilines is 2. The minimum atomic E-state index is -0.291. The Hall–Kier alpha value is -3.27. The van der Waals surface area contributed by atoms with Gasteiger partial charge in [0.2, 0.25) is 11.8 Å². The van der Waals surface area contributed by atoms with Gasteiger partial charge >= 0.3 is 0 Å². The lowest BCUT2D eigenvalue weighted by molar-refractivity contribution is -0.125. The van der Waals surface area contributed by atoms with Gasteiger partial charge in [-0.3, -0.25) is 19.0 Å². The highest BCUT2D eigenvalue weighted by molar-refractivity contribution is 7.22. The van der Waals surface area contributed by atoms with E-state index in [1.807, 2.05) is 32.0 Å². The Kier molecular flexibility index (Phi) is 6.07. The van der Waals surface area contributed by atoms with Gasteiger partial charge in [-0.1, -0.05) is 29.0 Å². The maximum atomic E-state index is 13.1. The average Bonchev–Trinajstić information content (AvgIpc) is 3.52. The van der Waals surface area contributed by atoms with Crippen LogP contribution in [0.25, 0.3) is 10.3 Å². The summed E-state index contributed by atoms with van der Waals surface area (Å²) in [5, 5.41) is 6.66. The molecule has 0 spiro atoms. The number of thiazole rings is 1. The summed E-state index contributed by atoms with van der Waals surface area (Å²) < 4.78 is 1.73. The minimum Gasteiger partial charge on any atom is -0.353 e. The molecule has 0 radical (unpaired) electrons. The first-order valence-corrected chi connectivity index (χ1v) is 12.5. The summed E-state index contributed by atoms with van der Waals surface area (Å²) >= 11 is 1.28. The molecule has 1 saturated carbocycles. The van der Waals surface area contributed by atoms with E-state index in [9.17, 15) is 14.4 Å². The number of piperidine rings is 1. The molecule has 1 aliphatic heterocycles. The Morgan fingerprint density at radius 1 is 1.21 bits per heavy atom. The van der Waals surface area contributed by atoms with Crippen molar-refractivity contribution in [2.45, 2.75) is 52.1 Å². The number of aryl methyl sites for hydroxylation is 2. The molecule has 1 atom stereocenters. The second-order valence-corrected chi connectivity index (χ2v) is 10.2. The molecule has 2 aromatic heterocycles. The van der Waals surface area contributed by atoms with Gasteiger partial charge < -0.3 is 15.5 Å². The summed E-state index contributed by atoms with van der Waals surface area (Å²) in [5.41, 5.74) is 2.89. The zero-order valence-corrected chi connectivity index (χ0v) is 20.2. The number of hydrogen-bond acceptors (Lipinski definition) is 7. The van der Waals surface area contributed by atoms with Crippen LogP contribution in [0.5, 0.6) is 0 Å². The van der Waals surface area contributed by atoms with Crippen molar-refractivity contribution in [1.82, 2.24) is 19.9 Å². The summed E-state index contributed by atoms with van der Waals surface area (Å²) in [6.07, 6.45) is 5.27. The molecule has 2 aliphatic rings. The molecule has 10 heteroatoms. The van der Waals surface area contributed by atoms with E-state index in [1.54, 1.807) is 0 Å². The van der Waals surface area contributed by atoms with Crippen LogP contribution >= 0.6 is 11.3 Å². The van der Waals surface area contributed by atoms with Crippen LogP contribution in [-0.2, 0) is 16.1 Å². The maximum Gasteiger partial charge on any atom is 0.273 e. The zero-order valence-electron chi connectivity index (χ0n) is 19.3. The number of carbonyl (C=O) groups excluding carboxylic acids is 2. The van der Waals surface area contributed by atoms with Crippen molar-refractivity contribution in [3.63, 3.8) is 0 Å². The van der Waals surface area contributed by atoms with Crippen LogP contribution in [-0.4, -0.2) is 45.5 Å². The minimum absolute atomic E-state index is 0.0695. The largest absolute Gasteiger partial charge is 0.353 e. The molecular formula is C24H28N6O3S. The fourth-order valence-electron chi connectivity index (χ4n) is 4.29. The lowest BCUT2D eigenvalue weighted by Crippen LogP contribution is -2.43. The fourth-order valence-corrected chi connectivity index (χ4v) is 5.30. The highest BCUT2D eigenvalue weighted by atomic mass is 32.1.